The molecule has 0 aliphatic carbocycles. The molecule has 5 nitrogen and oxygen atoms in total. The Morgan fingerprint density at radius 1 is 1.50 bits per heavy atom. The summed E-state index contributed by atoms with van der Waals surface area (Å²) >= 11 is 0. The van der Waals surface area contributed by atoms with Crippen molar-refractivity contribution >= 4 is 5.97 Å². The fraction of sp³-hybridized carbons (Fsp3) is 0.692. The van der Waals surface area contributed by atoms with Gasteiger partial charge in [-0.05, 0) is 26.7 Å². The second-order valence-corrected chi connectivity index (χ2v) is 4.83. The fourth-order valence-electron chi connectivity index (χ4n) is 2.07. The molecule has 1 aromatic heterocycles. The largest absolute Gasteiger partial charge is 0.480 e. The molecule has 102 valence electrons. The fourth-order valence-corrected chi connectivity index (χ4v) is 2.07. The lowest BCUT2D eigenvalue weighted by molar-refractivity contribution is -0.145. The van der Waals surface area contributed by atoms with Crippen LogP contribution < -0.4 is 5.32 Å². The van der Waals surface area contributed by atoms with Crippen LogP contribution in [0.15, 0.2) is 12.5 Å². The maximum absolute atomic E-state index is 11.4. The number of nitrogens with one attached hydrogen (secondary N) is 1. The molecule has 18 heavy (non-hydrogen) atoms. The molecule has 0 radical (unpaired) electrons. The van der Waals surface area contributed by atoms with Crippen molar-refractivity contribution < 1.29 is 9.90 Å². The first-order valence-electron chi connectivity index (χ1n) is 6.46. The van der Waals surface area contributed by atoms with Crippen molar-refractivity contribution in [1.29, 1.82) is 0 Å². The molecule has 1 aromatic rings. The number of rotatable bonds is 7. The SMILES string of the molecule is CCC(CC)(NCc1cncn1C(C)C)C(=O)O. The average Bonchev–Trinajstić information content (AvgIpc) is 2.79. The lowest BCUT2D eigenvalue weighted by Crippen LogP contribution is -2.50. The van der Waals surface area contributed by atoms with Crippen molar-refractivity contribution in [2.45, 2.75) is 58.7 Å². The van der Waals surface area contributed by atoms with Crippen LogP contribution in [0.2, 0.25) is 0 Å². The number of imidazole rings is 1. The van der Waals surface area contributed by atoms with Gasteiger partial charge in [-0.1, -0.05) is 13.8 Å². The summed E-state index contributed by atoms with van der Waals surface area (Å²) in [5.74, 6) is -0.789. The third-order valence-electron chi connectivity index (χ3n) is 3.53. The van der Waals surface area contributed by atoms with Gasteiger partial charge < -0.3 is 9.67 Å². The van der Waals surface area contributed by atoms with Crippen LogP contribution in [0, 0.1) is 0 Å². The molecule has 0 aliphatic heterocycles. The van der Waals surface area contributed by atoms with Gasteiger partial charge in [0.05, 0.1) is 12.0 Å². The van der Waals surface area contributed by atoms with E-state index in [2.05, 4.69) is 24.1 Å². The van der Waals surface area contributed by atoms with Crippen molar-refractivity contribution in [3.63, 3.8) is 0 Å². The topological polar surface area (TPSA) is 67.2 Å². The van der Waals surface area contributed by atoms with Crippen LogP contribution in [0.4, 0.5) is 0 Å². The first kappa shape index (κ1) is 14.7. The van der Waals surface area contributed by atoms with Crippen LogP contribution in [0.3, 0.4) is 0 Å². The maximum atomic E-state index is 11.4. The van der Waals surface area contributed by atoms with Crippen LogP contribution >= 0.6 is 0 Å². The molecular formula is C13H23N3O2. The Hall–Kier alpha value is -1.36. The van der Waals surface area contributed by atoms with Crippen LogP contribution in [0.25, 0.3) is 0 Å². The van der Waals surface area contributed by atoms with E-state index in [1.165, 1.54) is 0 Å². The van der Waals surface area contributed by atoms with E-state index in [-0.39, 0.29) is 0 Å². The monoisotopic (exact) mass is 253 g/mol. The Morgan fingerprint density at radius 2 is 2.11 bits per heavy atom. The minimum absolute atomic E-state index is 0.326. The van der Waals surface area contributed by atoms with Crippen molar-refractivity contribution in [2.24, 2.45) is 0 Å². The van der Waals surface area contributed by atoms with Crippen molar-refractivity contribution in [2.75, 3.05) is 0 Å². The molecule has 1 rings (SSSR count). The van der Waals surface area contributed by atoms with Gasteiger partial charge in [-0.15, -0.1) is 0 Å². The summed E-state index contributed by atoms with van der Waals surface area (Å²) in [7, 11) is 0. The zero-order chi connectivity index (χ0) is 13.8. The number of nitrogens with zero attached hydrogens (tertiary/aromatic N) is 2. The Morgan fingerprint density at radius 3 is 2.56 bits per heavy atom. The molecule has 0 saturated heterocycles. The Balaban J connectivity index is 2.79. The molecule has 0 aromatic carbocycles. The number of carboxylic acid groups (broad SMARTS) is 1. The predicted octanol–water partition coefficient (Wildman–Crippen LogP) is 2.20. The van der Waals surface area contributed by atoms with Crippen LogP contribution in [-0.2, 0) is 11.3 Å². The lowest BCUT2D eigenvalue weighted by atomic mass is 9.93. The normalized spacial score (nSPS) is 12.1. The molecule has 1 heterocycles. The minimum Gasteiger partial charge on any atom is -0.480 e. The van der Waals surface area contributed by atoms with Gasteiger partial charge in [0.1, 0.15) is 5.54 Å². The van der Waals surface area contributed by atoms with Gasteiger partial charge in [-0.2, -0.15) is 0 Å². The third kappa shape index (κ3) is 2.90. The summed E-state index contributed by atoms with van der Waals surface area (Å²) in [4.78, 5) is 15.5. The quantitative estimate of drug-likeness (QED) is 0.781. The summed E-state index contributed by atoms with van der Waals surface area (Å²) in [6.07, 6.45) is 4.69. The minimum atomic E-state index is -0.841. The zero-order valence-corrected chi connectivity index (χ0v) is 11.6. The summed E-state index contributed by atoms with van der Waals surface area (Å²) in [5.41, 5.74) is 0.170. The van der Waals surface area contributed by atoms with Gasteiger partial charge in [0, 0.05) is 18.8 Å². The number of carboxylic acids is 1. The van der Waals surface area contributed by atoms with E-state index in [9.17, 15) is 9.90 Å². The highest BCUT2D eigenvalue weighted by Gasteiger charge is 2.34. The molecule has 0 spiro atoms. The second-order valence-electron chi connectivity index (χ2n) is 4.83. The highest BCUT2D eigenvalue weighted by Crippen LogP contribution is 2.17. The molecule has 2 N–H and O–H groups in total. The van der Waals surface area contributed by atoms with Crippen molar-refractivity contribution in [3.05, 3.63) is 18.2 Å². The first-order chi connectivity index (χ1) is 8.46. The highest BCUT2D eigenvalue weighted by molar-refractivity contribution is 5.78. The molecule has 0 fully saturated rings. The van der Waals surface area contributed by atoms with Crippen LogP contribution in [0.5, 0.6) is 0 Å². The number of hydrogen-bond acceptors (Lipinski definition) is 3. The van der Waals surface area contributed by atoms with Crippen molar-refractivity contribution in [1.82, 2.24) is 14.9 Å². The van der Waals surface area contributed by atoms with E-state index in [4.69, 9.17) is 0 Å². The third-order valence-corrected chi connectivity index (χ3v) is 3.53. The molecule has 0 atom stereocenters. The maximum Gasteiger partial charge on any atom is 0.323 e. The predicted molar refractivity (Wildman–Crippen MR) is 70.4 cm³/mol. The van der Waals surface area contributed by atoms with Crippen LogP contribution in [-0.4, -0.2) is 26.2 Å². The van der Waals surface area contributed by atoms with E-state index >= 15 is 0 Å². The molecule has 0 amide bonds. The summed E-state index contributed by atoms with van der Waals surface area (Å²) in [5, 5.41) is 12.5. The molecule has 5 heteroatoms. The molecule has 0 saturated carbocycles. The van der Waals surface area contributed by atoms with E-state index < -0.39 is 11.5 Å². The van der Waals surface area contributed by atoms with E-state index in [0.29, 0.717) is 25.4 Å². The Labute approximate surface area is 108 Å². The Bertz CT molecular complexity index is 395. The van der Waals surface area contributed by atoms with Gasteiger partial charge in [0.25, 0.3) is 0 Å². The van der Waals surface area contributed by atoms with Gasteiger partial charge in [0.15, 0.2) is 0 Å². The summed E-state index contributed by atoms with van der Waals surface area (Å²) in [6, 6.07) is 0.326. The number of aliphatic carboxylic acids is 1. The number of hydrogen-bond donors (Lipinski definition) is 2. The Kier molecular flexibility index (Phi) is 4.90. The van der Waals surface area contributed by atoms with Gasteiger partial charge in [-0.3, -0.25) is 10.1 Å². The highest BCUT2D eigenvalue weighted by atomic mass is 16.4. The lowest BCUT2D eigenvalue weighted by Gasteiger charge is -2.28. The van der Waals surface area contributed by atoms with Gasteiger partial charge in [0.2, 0.25) is 0 Å². The standard InChI is InChI=1S/C13H23N3O2/c1-5-13(6-2,12(17)18)15-8-11-7-14-9-16(11)10(3)4/h7,9-10,15H,5-6,8H2,1-4H3,(H,17,18). The zero-order valence-electron chi connectivity index (χ0n) is 11.6. The first-order valence-corrected chi connectivity index (χ1v) is 6.46. The average molecular weight is 253 g/mol. The van der Waals surface area contributed by atoms with E-state index in [1.807, 2.05) is 18.4 Å². The smallest absolute Gasteiger partial charge is 0.323 e. The second kappa shape index (κ2) is 6.00. The van der Waals surface area contributed by atoms with Gasteiger partial charge >= 0.3 is 5.97 Å². The number of carbonyl (C=O) groups is 1. The molecule has 0 unspecified atom stereocenters. The van der Waals surface area contributed by atoms with Crippen molar-refractivity contribution in [3.8, 4) is 0 Å². The van der Waals surface area contributed by atoms with Gasteiger partial charge in [-0.25, -0.2) is 4.98 Å². The van der Waals surface area contributed by atoms with E-state index in [1.54, 1.807) is 12.5 Å². The summed E-state index contributed by atoms with van der Waals surface area (Å²) < 4.78 is 2.05. The van der Waals surface area contributed by atoms with E-state index in [0.717, 1.165) is 5.69 Å². The van der Waals surface area contributed by atoms with Crippen LogP contribution in [0.1, 0.15) is 52.3 Å². The number of aromatic nitrogens is 2. The summed E-state index contributed by atoms with van der Waals surface area (Å²) in [6.45, 7) is 8.46. The molecular weight excluding hydrogens is 230 g/mol. The molecule has 0 aliphatic rings. The molecule has 0 bridgehead atoms.